The molecule has 0 aliphatic carbocycles. The molecule has 7 nitrogen and oxygen atoms in total. The third-order valence-corrected chi connectivity index (χ3v) is 5.43. The van der Waals surface area contributed by atoms with Gasteiger partial charge in [-0.1, -0.05) is 13.8 Å². The van der Waals surface area contributed by atoms with Crippen LogP contribution in [0.5, 0.6) is 0 Å². The fourth-order valence-electron chi connectivity index (χ4n) is 1.82. The first kappa shape index (κ1) is 18.0. The van der Waals surface area contributed by atoms with Gasteiger partial charge in [0.15, 0.2) is 0 Å². The molecule has 1 rings (SSSR count). The summed E-state index contributed by atoms with van der Waals surface area (Å²) in [6.45, 7) is 6.35. The molecule has 0 amide bonds. The van der Waals surface area contributed by atoms with Crippen LogP contribution in [0.1, 0.15) is 47.1 Å². The lowest BCUT2D eigenvalue weighted by Crippen LogP contribution is -2.41. The van der Waals surface area contributed by atoms with Crippen molar-refractivity contribution in [2.75, 3.05) is 13.1 Å². The predicted molar refractivity (Wildman–Crippen MR) is 81.7 cm³/mol. The van der Waals surface area contributed by atoms with Crippen LogP contribution < -0.4 is 4.72 Å². The second kappa shape index (κ2) is 7.83. The highest BCUT2D eigenvalue weighted by Gasteiger charge is 2.21. The normalized spacial score (nSPS) is 12.0. The van der Waals surface area contributed by atoms with Crippen LogP contribution in [0.3, 0.4) is 0 Å². The highest BCUT2D eigenvalue weighted by Crippen LogP contribution is 2.18. The predicted octanol–water partition coefficient (Wildman–Crippen LogP) is 1.61. The van der Waals surface area contributed by atoms with E-state index in [0.717, 1.165) is 24.2 Å². The third-order valence-electron chi connectivity index (χ3n) is 2.73. The van der Waals surface area contributed by atoms with Crippen molar-refractivity contribution in [2.24, 2.45) is 0 Å². The van der Waals surface area contributed by atoms with Crippen molar-refractivity contribution in [3.8, 4) is 0 Å². The van der Waals surface area contributed by atoms with E-state index in [1.807, 2.05) is 13.8 Å². The van der Waals surface area contributed by atoms with Crippen molar-refractivity contribution in [3.05, 3.63) is 15.6 Å². The van der Waals surface area contributed by atoms with Crippen molar-refractivity contribution < 1.29 is 18.3 Å². The summed E-state index contributed by atoms with van der Waals surface area (Å²) in [5.74, 6) is -1.04. The van der Waals surface area contributed by atoms with Crippen molar-refractivity contribution >= 4 is 27.5 Å². The number of nitrogens with zero attached hydrogens (tertiary/aromatic N) is 2. The van der Waals surface area contributed by atoms with E-state index in [1.165, 1.54) is 4.31 Å². The largest absolute Gasteiger partial charge is 0.477 e. The molecule has 120 valence electrons. The monoisotopic (exact) mass is 335 g/mol. The molecule has 1 aromatic heterocycles. The number of aromatic carboxylic acids is 1. The lowest BCUT2D eigenvalue weighted by atomic mass is 10.4. The van der Waals surface area contributed by atoms with Crippen LogP contribution in [-0.2, 0) is 16.8 Å². The quantitative estimate of drug-likeness (QED) is 0.714. The molecular formula is C12H21N3O4S2. The smallest absolute Gasteiger partial charge is 0.347 e. The van der Waals surface area contributed by atoms with Crippen LogP contribution >= 0.6 is 11.3 Å². The van der Waals surface area contributed by atoms with E-state index < -0.39 is 16.2 Å². The highest BCUT2D eigenvalue weighted by atomic mass is 32.2. The topological polar surface area (TPSA) is 99.6 Å². The van der Waals surface area contributed by atoms with Gasteiger partial charge in [-0.25, -0.2) is 9.78 Å². The van der Waals surface area contributed by atoms with Crippen LogP contribution in [0.15, 0.2) is 0 Å². The van der Waals surface area contributed by atoms with E-state index in [2.05, 4.69) is 9.71 Å². The van der Waals surface area contributed by atoms with Crippen LogP contribution in [0.25, 0.3) is 0 Å². The molecule has 9 heteroatoms. The Kier molecular flexibility index (Phi) is 6.72. The maximum atomic E-state index is 12.2. The van der Waals surface area contributed by atoms with E-state index >= 15 is 0 Å². The van der Waals surface area contributed by atoms with Crippen molar-refractivity contribution in [1.29, 1.82) is 0 Å². The Labute approximate surface area is 129 Å². The summed E-state index contributed by atoms with van der Waals surface area (Å²) in [6, 6.07) is 0. The molecule has 0 radical (unpaired) electrons. The molecule has 0 aliphatic rings. The van der Waals surface area contributed by atoms with Gasteiger partial charge in [0.25, 0.3) is 10.2 Å². The average molecular weight is 335 g/mol. The summed E-state index contributed by atoms with van der Waals surface area (Å²) in [5.41, 5.74) is 0.403. The average Bonchev–Trinajstić information content (AvgIpc) is 2.78. The van der Waals surface area contributed by atoms with Crippen LogP contribution in [0, 0.1) is 6.92 Å². The zero-order chi connectivity index (χ0) is 16.0. The Morgan fingerprint density at radius 2 is 1.90 bits per heavy atom. The fraction of sp³-hybridized carbons (Fsp3) is 0.667. The minimum atomic E-state index is -3.57. The van der Waals surface area contributed by atoms with Gasteiger partial charge in [-0.05, 0) is 19.8 Å². The number of carboxylic acids is 1. The highest BCUT2D eigenvalue weighted by molar-refractivity contribution is 7.87. The van der Waals surface area contributed by atoms with Gasteiger partial charge >= 0.3 is 5.97 Å². The Morgan fingerprint density at radius 3 is 2.33 bits per heavy atom. The van der Waals surface area contributed by atoms with E-state index in [0.29, 0.717) is 23.8 Å². The van der Waals surface area contributed by atoms with E-state index in [4.69, 9.17) is 5.11 Å². The van der Waals surface area contributed by atoms with E-state index in [-0.39, 0.29) is 11.4 Å². The number of hydrogen-bond donors (Lipinski definition) is 2. The maximum absolute atomic E-state index is 12.2. The number of thiazole rings is 1. The molecule has 0 saturated heterocycles. The van der Waals surface area contributed by atoms with E-state index in [1.54, 1.807) is 6.92 Å². The lowest BCUT2D eigenvalue weighted by Gasteiger charge is -2.20. The summed E-state index contributed by atoms with van der Waals surface area (Å²) < 4.78 is 28.2. The number of aromatic nitrogens is 1. The zero-order valence-corrected chi connectivity index (χ0v) is 14.1. The first-order chi connectivity index (χ1) is 9.81. The molecule has 0 aromatic carbocycles. The summed E-state index contributed by atoms with van der Waals surface area (Å²) in [4.78, 5) is 15.2. The molecule has 0 bridgehead atoms. The molecule has 0 spiro atoms. The lowest BCUT2D eigenvalue weighted by molar-refractivity contribution is 0.0701. The maximum Gasteiger partial charge on any atom is 0.347 e. The third kappa shape index (κ3) is 5.03. The second-order valence-corrected chi connectivity index (χ2v) is 7.39. The van der Waals surface area contributed by atoms with Gasteiger partial charge < -0.3 is 5.11 Å². The van der Waals surface area contributed by atoms with Gasteiger partial charge in [-0.15, -0.1) is 11.3 Å². The molecule has 1 heterocycles. The number of carboxylic acid groups (broad SMARTS) is 1. The Bertz CT molecular complexity index is 577. The Balaban J connectivity index is 2.76. The minimum Gasteiger partial charge on any atom is -0.477 e. The van der Waals surface area contributed by atoms with Gasteiger partial charge in [0, 0.05) is 13.1 Å². The summed E-state index contributed by atoms with van der Waals surface area (Å²) in [6.07, 6.45) is 1.47. The number of nitrogens with one attached hydrogen (secondary N) is 1. The summed E-state index contributed by atoms with van der Waals surface area (Å²) in [7, 11) is -3.57. The molecule has 0 unspecified atom stereocenters. The molecule has 0 fully saturated rings. The van der Waals surface area contributed by atoms with E-state index in [9.17, 15) is 13.2 Å². The second-order valence-electron chi connectivity index (χ2n) is 4.55. The molecule has 2 N–H and O–H groups in total. The standard InChI is InChI=1S/C12H21N3O4S2/c1-4-6-15(7-5-2)21(18,19)13-8-10-14-9(3)11(20-10)12(16)17/h13H,4-8H2,1-3H3,(H,16,17). The molecule has 1 aromatic rings. The Hall–Kier alpha value is -1.03. The van der Waals surface area contributed by atoms with Crippen molar-refractivity contribution in [2.45, 2.75) is 40.2 Å². The zero-order valence-electron chi connectivity index (χ0n) is 12.4. The molecule has 0 saturated carbocycles. The molecule has 21 heavy (non-hydrogen) atoms. The number of rotatable bonds is 9. The molecular weight excluding hydrogens is 314 g/mol. The van der Waals surface area contributed by atoms with Crippen LogP contribution in [0.2, 0.25) is 0 Å². The van der Waals surface area contributed by atoms with Gasteiger partial charge in [0.05, 0.1) is 12.2 Å². The number of aryl methyl sites for hydroxylation is 1. The van der Waals surface area contributed by atoms with Gasteiger partial charge in [0.1, 0.15) is 9.88 Å². The molecule has 0 aliphatic heterocycles. The number of hydrogen-bond acceptors (Lipinski definition) is 5. The summed E-state index contributed by atoms with van der Waals surface area (Å²) in [5, 5.41) is 9.40. The van der Waals surface area contributed by atoms with Crippen LogP contribution in [-0.4, -0.2) is 41.9 Å². The Morgan fingerprint density at radius 1 is 1.33 bits per heavy atom. The number of carbonyl (C=O) groups is 1. The fourth-order valence-corrected chi connectivity index (χ4v) is 4.10. The first-order valence-electron chi connectivity index (χ1n) is 6.76. The van der Waals surface area contributed by atoms with Gasteiger partial charge in [-0.3, -0.25) is 0 Å². The van der Waals surface area contributed by atoms with Gasteiger partial charge in [-0.2, -0.15) is 17.4 Å². The SMILES string of the molecule is CCCN(CCC)S(=O)(=O)NCc1nc(C)c(C(=O)O)s1. The summed E-state index contributed by atoms with van der Waals surface area (Å²) >= 11 is 0.991. The molecule has 0 atom stereocenters. The minimum absolute atomic E-state index is 0.00501. The van der Waals surface area contributed by atoms with Gasteiger partial charge in [0.2, 0.25) is 0 Å². The van der Waals surface area contributed by atoms with Crippen LogP contribution in [0.4, 0.5) is 0 Å². The van der Waals surface area contributed by atoms with Crippen molar-refractivity contribution in [3.63, 3.8) is 0 Å². The first-order valence-corrected chi connectivity index (χ1v) is 9.01. The van der Waals surface area contributed by atoms with Crippen molar-refractivity contribution in [1.82, 2.24) is 14.0 Å².